The average molecular weight is 591 g/mol. The summed E-state index contributed by atoms with van der Waals surface area (Å²) in [6, 6.07) is 57.6. The standard InChI is InChI=1S/C42H26N2S/c1-2-12-27(13-3-1)28-14-10-15-29(26-28)43-36-20-7-4-16-30(36)33-24-25-34-31-17-5-8-21-37(31)44(41(34)40(33)43)38-22-11-19-35-32-18-6-9-23-39(32)45-42(35)38/h1-26H. The van der Waals surface area contributed by atoms with Crippen LogP contribution in [0.25, 0.3) is 86.3 Å². The number of fused-ring (bicyclic) bond motifs is 10. The summed E-state index contributed by atoms with van der Waals surface area (Å²) in [6.07, 6.45) is 0. The van der Waals surface area contributed by atoms with E-state index in [2.05, 4.69) is 167 Å². The Hall–Kier alpha value is -5.64. The monoisotopic (exact) mass is 590 g/mol. The maximum absolute atomic E-state index is 2.53. The molecule has 7 aromatic carbocycles. The normalized spacial score (nSPS) is 12.0. The van der Waals surface area contributed by atoms with E-state index in [1.54, 1.807) is 0 Å². The maximum atomic E-state index is 2.53. The predicted molar refractivity (Wildman–Crippen MR) is 193 cm³/mol. The van der Waals surface area contributed by atoms with E-state index >= 15 is 0 Å². The lowest BCUT2D eigenvalue weighted by Crippen LogP contribution is -1.99. The molecule has 2 nitrogen and oxygen atoms in total. The molecule has 0 unspecified atom stereocenters. The topological polar surface area (TPSA) is 9.86 Å². The zero-order valence-electron chi connectivity index (χ0n) is 24.3. The number of thiophene rings is 1. The molecule has 0 aliphatic rings. The molecule has 45 heavy (non-hydrogen) atoms. The SMILES string of the molecule is c1ccc(-c2cccc(-n3c4ccccc4c4ccc5c6ccccc6n(-c6cccc7c6sc6ccccc67)c5c43)c2)cc1. The van der Waals surface area contributed by atoms with Gasteiger partial charge in [-0.3, -0.25) is 0 Å². The summed E-state index contributed by atoms with van der Waals surface area (Å²) in [6.45, 7) is 0. The molecule has 0 N–H and O–H groups in total. The molecule has 0 bridgehead atoms. The molecule has 3 aromatic heterocycles. The highest BCUT2D eigenvalue weighted by Crippen LogP contribution is 2.44. The lowest BCUT2D eigenvalue weighted by atomic mass is 10.1. The van der Waals surface area contributed by atoms with Crippen molar-refractivity contribution in [3.8, 4) is 22.5 Å². The quantitative estimate of drug-likeness (QED) is 0.194. The Morgan fingerprint density at radius 1 is 0.378 bits per heavy atom. The maximum Gasteiger partial charge on any atom is 0.0789 e. The molecule has 0 radical (unpaired) electrons. The second kappa shape index (κ2) is 9.43. The van der Waals surface area contributed by atoms with Crippen molar-refractivity contribution in [2.24, 2.45) is 0 Å². The highest BCUT2D eigenvalue weighted by molar-refractivity contribution is 7.26. The van der Waals surface area contributed by atoms with Crippen LogP contribution in [0.2, 0.25) is 0 Å². The van der Waals surface area contributed by atoms with Crippen LogP contribution in [-0.2, 0) is 0 Å². The summed E-state index contributed by atoms with van der Waals surface area (Å²) >= 11 is 1.89. The number of rotatable bonds is 3. The van der Waals surface area contributed by atoms with E-state index in [0.717, 1.165) is 5.69 Å². The van der Waals surface area contributed by atoms with Crippen molar-refractivity contribution >= 4 is 75.1 Å². The minimum absolute atomic E-state index is 1.16. The van der Waals surface area contributed by atoms with E-state index in [0.29, 0.717) is 0 Å². The van der Waals surface area contributed by atoms with Gasteiger partial charge in [0.25, 0.3) is 0 Å². The second-order valence-electron chi connectivity index (χ2n) is 11.7. The summed E-state index contributed by atoms with van der Waals surface area (Å²) in [7, 11) is 0. The van der Waals surface area contributed by atoms with Gasteiger partial charge in [-0.05, 0) is 47.5 Å². The summed E-state index contributed by atoms with van der Waals surface area (Å²) < 4.78 is 7.64. The Bertz CT molecular complexity index is 2760. The van der Waals surface area contributed by atoms with E-state index in [9.17, 15) is 0 Å². The Morgan fingerprint density at radius 2 is 0.956 bits per heavy atom. The van der Waals surface area contributed by atoms with Crippen molar-refractivity contribution < 1.29 is 0 Å². The van der Waals surface area contributed by atoms with Gasteiger partial charge in [-0.2, -0.15) is 0 Å². The van der Waals surface area contributed by atoms with Crippen molar-refractivity contribution in [2.45, 2.75) is 0 Å². The van der Waals surface area contributed by atoms with Gasteiger partial charge in [-0.15, -0.1) is 11.3 Å². The van der Waals surface area contributed by atoms with Crippen molar-refractivity contribution in [1.29, 1.82) is 0 Å². The Kier molecular flexibility index (Phi) is 5.19. The number of nitrogens with zero attached hydrogens (tertiary/aromatic N) is 2. The van der Waals surface area contributed by atoms with Crippen molar-refractivity contribution in [1.82, 2.24) is 9.13 Å². The zero-order valence-corrected chi connectivity index (χ0v) is 25.1. The van der Waals surface area contributed by atoms with Crippen molar-refractivity contribution in [3.63, 3.8) is 0 Å². The minimum atomic E-state index is 1.16. The van der Waals surface area contributed by atoms with Gasteiger partial charge in [0.15, 0.2) is 0 Å². The first-order chi connectivity index (χ1) is 22.3. The molecule has 0 spiro atoms. The lowest BCUT2D eigenvalue weighted by molar-refractivity contribution is 1.16. The van der Waals surface area contributed by atoms with E-state index in [4.69, 9.17) is 0 Å². The predicted octanol–water partition coefficient (Wildman–Crippen LogP) is 11.9. The van der Waals surface area contributed by atoms with E-state index in [-0.39, 0.29) is 0 Å². The van der Waals surface area contributed by atoms with Gasteiger partial charge in [0.05, 0.1) is 32.5 Å². The molecule has 0 atom stereocenters. The third kappa shape index (κ3) is 3.50. The van der Waals surface area contributed by atoms with Crippen LogP contribution in [0, 0.1) is 0 Å². The fourth-order valence-corrected chi connectivity index (χ4v) is 8.59. The second-order valence-corrected chi connectivity index (χ2v) is 12.8. The summed E-state index contributed by atoms with van der Waals surface area (Å²) in [4.78, 5) is 0. The summed E-state index contributed by atoms with van der Waals surface area (Å²) in [5, 5.41) is 7.67. The first-order valence-corrected chi connectivity index (χ1v) is 16.2. The van der Waals surface area contributed by atoms with Crippen molar-refractivity contribution in [2.75, 3.05) is 0 Å². The first-order valence-electron chi connectivity index (χ1n) is 15.4. The van der Waals surface area contributed by atoms with Crippen LogP contribution in [0.3, 0.4) is 0 Å². The first kappa shape index (κ1) is 24.8. The fraction of sp³-hybridized carbons (Fsp3) is 0. The van der Waals surface area contributed by atoms with Crippen LogP contribution >= 0.6 is 11.3 Å². The molecule has 3 heteroatoms. The highest BCUT2D eigenvalue weighted by atomic mass is 32.1. The molecule has 0 fully saturated rings. The van der Waals surface area contributed by atoms with Gasteiger partial charge in [-0.1, -0.05) is 121 Å². The average Bonchev–Trinajstić information content (AvgIpc) is 3.77. The minimum Gasteiger partial charge on any atom is -0.307 e. The summed E-state index contributed by atoms with van der Waals surface area (Å²) in [5.41, 5.74) is 9.71. The molecule has 0 saturated heterocycles. The molecular weight excluding hydrogens is 565 g/mol. The largest absolute Gasteiger partial charge is 0.307 e. The van der Waals surface area contributed by atoms with Crippen LogP contribution in [0.5, 0.6) is 0 Å². The van der Waals surface area contributed by atoms with E-state index in [1.807, 2.05) is 11.3 Å². The zero-order chi connectivity index (χ0) is 29.5. The molecule has 0 aliphatic carbocycles. The molecule has 210 valence electrons. The van der Waals surface area contributed by atoms with Crippen molar-refractivity contribution in [3.05, 3.63) is 158 Å². The van der Waals surface area contributed by atoms with Gasteiger partial charge in [0.1, 0.15) is 0 Å². The summed E-state index contributed by atoms with van der Waals surface area (Å²) in [5.74, 6) is 0. The molecule has 0 aliphatic heterocycles. The highest BCUT2D eigenvalue weighted by Gasteiger charge is 2.22. The third-order valence-corrected chi connectivity index (χ3v) is 10.5. The van der Waals surface area contributed by atoms with E-state index in [1.165, 1.54) is 80.6 Å². The van der Waals surface area contributed by atoms with Crippen LogP contribution in [0.15, 0.2) is 158 Å². The molecule has 3 heterocycles. The van der Waals surface area contributed by atoms with Crippen LogP contribution < -0.4 is 0 Å². The molecule has 0 amide bonds. The lowest BCUT2D eigenvalue weighted by Gasteiger charge is -2.14. The van der Waals surface area contributed by atoms with Gasteiger partial charge in [0.2, 0.25) is 0 Å². The Morgan fingerprint density at radius 3 is 1.73 bits per heavy atom. The third-order valence-electron chi connectivity index (χ3n) is 9.30. The van der Waals surface area contributed by atoms with Crippen LogP contribution in [0.4, 0.5) is 0 Å². The number of hydrogen-bond acceptors (Lipinski definition) is 1. The number of aromatic nitrogens is 2. The van der Waals surface area contributed by atoms with Gasteiger partial charge < -0.3 is 9.13 Å². The smallest absolute Gasteiger partial charge is 0.0789 e. The van der Waals surface area contributed by atoms with Gasteiger partial charge >= 0.3 is 0 Å². The van der Waals surface area contributed by atoms with Crippen LogP contribution in [0.1, 0.15) is 0 Å². The number of para-hydroxylation sites is 2. The molecule has 0 saturated carbocycles. The number of benzene rings is 7. The number of hydrogen-bond donors (Lipinski definition) is 0. The fourth-order valence-electron chi connectivity index (χ4n) is 7.38. The van der Waals surface area contributed by atoms with Gasteiger partial charge in [0, 0.05) is 42.7 Å². The Balaban J connectivity index is 1.40. The molecule has 10 rings (SSSR count). The molecular formula is C42H26N2S. The van der Waals surface area contributed by atoms with Crippen LogP contribution in [-0.4, -0.2) is 9.13 Å². The molecule has 10 aromatic rings. The Labute approximate surface area is 263 Å². The van der Waals surface area contributed by atoms with E-state index < -0.39 is 0 Å². The van der Waals surface area contributed by atoms with Gasteiger partial charge in [-0.25, -0.2) is 0 Å².